The molecule has 1 aliphatic heterocycles. The molecule has 4 rings (SSSR count). The number of hydrogen-bond donors (Lipinski definition) is 0. The second kappa shape index (κ2) is 10.2. The van der Waals surface area contributed by atoms with Crippen molar-refractivity contribution in [1.29, 1.82) is 0 Å². The normalized spacial score (nSPS) is 14.6. The zero-order chi connectivity index (χ0) is 23.5. The lowest BCUT2D eigenvalue weighted by molar-refractivity contribution is -0.114. The molecule has 5 nitrogen and oxygen atoms in total. The zero-order valence-electron chi connectivity index (χ0n) is 17.8. The Balaban J connectivity index is 1.59. The molecule has 0 saturated carbocycles. The largest absolute Gasteiger partial charge is 0.493 e. The van der Waals surface area contributed by atoms with Crippen molar-refractivity contribution in [2.75, 3.05) is 12.1 Å². The molecule has 1 amide bonds. The molecule has 0 radical (unpaired) electrons. The highest BCUT2D eigenvalue weighted by Crippen LogP contribution is 2.36. The Kier molecular flexibility index (Phi) is 7.26. The maximum Gasteiger partial charge on any atom is 0.280 e. The van der Waals surface area contributed by atoms with Crippen LogP contribution in [0.1, 0.15) is 18.1 Å². The number of benzene rings is 3. The second-order valence-corrected chi connectivity index (χ2v) is 9.26. The van der Waals surface area contributed by atoms with Crippen LogP contribution in [0.15, 0.2) is 71.3 Å². The lowest BCUT2D eigenvalue weighted by Gasteiger charge is -2.15. The van der Waals surface area contributed by atoms with Gasteiger partial charge in [0.25, 0.3) is 5.91 Å². The van der Waals surface area contributed by atoms with Crippen LogP contribution >= 0.6 is 45.8 Å². The first-order chi connectivity index (χ1) is 15.9. The Morgan fingerprint density at radius 2 is 1.85 bits per heavy atom. The van der Waals surface area contributed by atoms with Gasteiger partial charge in [0.15, 0.2) is 11.5 Å². The number of rotatable bonds is 6. The lowest BCUT2D eigenvalue weighted by Crippen LogP contribution is -2.21. The third kappa shape index (κ3) is 5.18. The number of nitrogens with zero attached hydrogens (tertiary/aromatic N) is 2. The van der Waals surface area contributed by atoms with E-state index in [1.54, 1.807) is 19.2 Å². The van der Waals surface area contributed by atoms with Crippen molar-refractivity contribution in [3.8, 4) is 11.5 Å². The monoisotopic (exact) mass is 592 g/mol. The van der Waals surface area contributed by atoms with E-state index in [9.17, 15) is 4.79 Å². The number of ether oxygens (including phenoxy) is 2. The predicted octanol–water partition coefficient (Wildman–Crippen LogP) is 6.99. The minimum absolute atomic E-state index is 0.176. The molecule has 1 aliphatic rings. The van der Waals surface area contributed by atoms with Gasteiger partial charge in [-0.05, 0) is 77.6 Å². The molecule has 0 aromatic heterocycles. The standard InChI is InChI=1S/C25H19Cl2IN2O3/c1-15-20(25(31)30(29-15)19-6-4-3-5-7-19)10-16-11-22(28)24(23(12-16)32-2)33-14-17-8-9-18(26)13-21(17)27/h3-13H,14H2,1-2H3/b20-10+. The zero-order valence-corrected chi connectivity index (χ0v) is 21.5. The summed E-state index contributed by atoms with van der Waals surface area (Å²) in [5, 5.41) is 6.95. The van der Waals surface area contributed by atoms with Crippen molar-refractivity contribution in [2.24, 2.45) is 5.10 Å². The molecule has 0 bridgehead atoms. The number of carbonyl (C=O) groups is 1. The van der Waals surface area contributed by atoms with Crippen LogP contribution in [0.25, 0.3) is 6.08 Å². The number of hydrogen-bond acceptors (Lipinski definition) is 4. The Morgan fingerprint density at radius 3 is 2.55 bits per heavy atom. The van der Waals surface area contributed by atoms with Crippen LogP contribution in [-0.2, 0) is 11.4 Å². The molecular formula is C25H19Cl2IN2O3. The van der Waals surface area contributed by atoms with Crippen molar-refractivity contribution in [1.82, 2.24) is 0 Å². The van der Waals surface area contributed by atoms with Gasteiger partial charge in [-0.1, -0.05) is 47.5 Å². The summed E-state index contributed by atoms with van der Waals surface area (Å²) in [7, 11) is 1.58. The second-order valence-electron chi connectivity index (χ2n) is 7.25. The third-order valence-corrected chi connectivity index (χ3v) is 6.40. The van der Waals surface area contributed by atoms with Crippen molar-refractivity contribution in [3.63, 3.8) is 0 Å². The van der Waals surface area contributed by atoms with Crippen LogP contribution in [0, 0.1) is 3.57 Å². The number of hydrazone groups is 1. The molecule has 0 aliphatic carbocycles. The first kappa shape index (κ1) is 23.6. The molecule has 3 aromatic rings. The molecule has 0 N–H and O–H groups in total. The molecule has 33 heavy (non-hydrogen) atoms. The summed E-state index contributed by atoms with van der Waals surface area (Å²) in [6, 6.07) is 18.4. The topological polar surface area (TPSA) is 51.1 Å². The van der Waals surface area contributed by atoms with Crippen molar-refractivity contribution >= 4 is 69.2 Å². The lowest BCUT2D eigenvalue weighted by atomic mass is 10.1. The molecule has 0 saturated heterocycles. The van der Waals surface area contributed by atoms with E-state index in [1.165, 1.54) is 5.01 Å². The van der Waals surface area contributed by atoms with Gasteiger partial charge in [-0.25, -0.2) is 0 Å². The van der Waals surface area contributed by atoms with Crippen LogP contribution in [0.4, 0.5) is 5.69 Å². The molecular weight excluding hydrogens is 574 g/mol. The summed E-state index contributed by atoms with van der Waals surface area (Å²) >= 11 is 14.4. The third-order valence-electron chi connectivity index (χ3n) is 5.01. The Hall–Kier alpha value is -2.55. The summed E-state index contributed by atoms with van der Waals surface area (Å²) < 4.78 is 12.4. The van der Waals surface area contributed by atoms with Gasteiger partial charge in [0.1, 0.15) is 6.61 Å². The average Bonchev–Trinajstić information content (AvgIpc) is 3.08. The van der Waals surface area contributed by atoms with Crippen LogP contribution < -0.4 is 14.5 Å². The molecule has 168 valence electrons. The Labute approximate surface area is 215 Å². The van der Waals surface area contributed by atoms with Crippen molar-refractivity contribution in [3.05, 3.63) is 91.0 Å². The van der Waals surface area contributed by atoms with E-state index >= 15 is 0 Å². The number of amides is 1. The highest BCUT2D eigenvalue weighted by atomic mass is 127. The van der Waals surface area contributed by atoms with E-state index in [2.05, 4.69) is 27.7 Å². The molecule has 8 heteroatoms. The first-order valence-corrected chi connectivity index (χ1v) is 11.8. The summed E-state index contributed by atoms with van der Waals surface area (Å²) in [6.45, 7) is 2.08. The van der Waals surface area contributed by atoms with E-state index in [0.717, 1.165) is 20.4 Å². The van der Waals surface area contributed by atoms with Crippen LogP contribution in [0.3, 0.4) is 0 Å². The van der Waals surface area contributed by atoms with Gasteiger partial charge in [0.2, 0.25) is 0 Å². The Morgan fingerprint density at radius 1 is 1.09 bits per heavy atom. The molecule has 0 atom stereocenters. The number of methoxy groups -OCH3 is 1. The van der Waals surface area contributed by atoms with E-state index in [0.29, 0.717) is 32.8 Å². The van der Waals surface area contributed by atoms with E-state index in [4.69, 9.17) is 32.7 Å². The van der Waals surface area contributed by atoms with E-state index in [1.807, 2.05) is 61.5 Å². The Bertz CT molecular complexity index is 1280. The molecule has 0 unspecified atom stereocenters. The smallest absolute Gasteiger partial charge is 0.280 e. The highest BCUT2D eigenvalue weighted by Gasteiger charge is 2.28. The van der Waals surface area contributed by atoms with Crippen molar-refractivity contribution < 1.29 is 14.3 Å². The van der Waals surface area contributed by atoms with Gasteiger partial charge in [-0.15, -0.1) is 0 Å². The van der Waals surface area contributed by atoms with Crippen LogP contribution in [0.2, 0.25) is 10.0 Å². The maximum absolute atomic E-state index is 13.0. The number of carbonyl (C=O) groups excluding carboxylic acids is 1. The SMILES string of the molecule is COc1cc(/C=C2/C(=O)N(c3ccccc3)N=C2C)cc(I)c1OCc1ccc(Cl)cc1Cl. The first-order valence-electron chi connectivity index (χ1n) is 9.98. The van der Waals surface area contributed by atoms with Crippen molar-refractivity contribution in [2.45, 2.75) is 13.5 Å². The van der Waals surface area contributed by atoms with Crippen LogP contribution in [-0.4, -0.2) is 18.7 Å². The minimum atomic E-state index is -0.176. The van der Waals surface area contributed by atoms with E-state index in [-0.39, 0.29) is 12.5 Å². The summed E-state index contributed by atoms with van der Waals surface area (Å²) in [6.07, 6.45) is 1.81. The molecule has 1 heterocycles. The van der Waals surface area contributed by atoms with Crippen LogP contribution in [0.5, 0.6) is 11.5 Å². The van der Waals surface area contributed by atoms with E-state index < -0.39 is 0 Å². The maximum atomic E-state index is 13.0. The number of halogens is 3. The summed E-state index contributed by atoms with van der Waals surface area (Å²) in [5.41, 5.74) is 3.52. The molecule has 3 aromatic carbocycles. The van der Waals surface area contributed by atoms with Gasteiger partial charge >= 0.3 is 0 Å². The van der Waals surface area contributed by atoms with Gasteiger partial charge < -0.3 is 9.47 Å². The van der Waals surface area contributed by atoms with Gasteiger partial charge in [0, 0.05) is 15.6 Å². The molecule has 0 fully saturated rings. The minimum Gasteiger partial charge on any atom is -0.493 e. The predicted molar refractivity (Wildman–Crippen MR) is 142 cm³/mol. The van der Waals surface area contributed by atoms with Gasteiger partial charge in [-0.3, -0.25) is 4.79 Å². The number of para-hydroxylation sites is 1. The summed E-state index contributed by atoms with van der Waals surface area (Å²) in [5.74, 6) is 0.976. The number of anilines is 1. The van der Waals surface area contributed by atoms with Gasteiger partial charge in [-0.2, -0.15) is 10.1 Å². The quantitative estimate of drug-likeness (QED) is 0.229. The highest BCUT2D eigenvalue weighted by molar-refractivity contribution is 14.1. The summed E-state index contributed by atoms with van der Waals surface area (Å²) in [4.78, 5) is 13.0. The fourth-order valence-electron chi connectivity index (χ4n) is 3.35. The fraction of sp³-hybridized carbons (Fsp3) is 0.120. The molecule has 0 spiro atoms. The fourth-order valence-corrected chi connectivity index (χ4v) is 4.59. The van der Waals surface area contributed by atoms with Gasteiger partial charge in [0.05, 0.1) is 27.7 Å². The average molecular weight is 593 g/mol.